The number of likely N-dealkylation sites (tertiary alicyclic amines) is 2. The van der Waals surface area contributed by atoms with Crippen LogP contribution in [0.4, 0.5) is 0 Å². The van der Waals surface area contributed by atoms with E-state index in [0.717, 1.165) is 48.6 Å². The van der Waals surface area contributed by atoms with Gasteiger partial charge in [0.05, 0.1) is 18.2 Å². The Labute approximate surface area is 174 Å². The third-order valence-corrected chi connectivity index (χ3v) is 6.40. The predicted octanol–water partition coefficient (Wildman–Crippen LogP) is 2.79. The van der Waals surface area contributed by atoms with Gasteiger partial charge >= 0.3 is 0 Å². The van der Waals surface area contributed by atoms with E-state index in [1.54, 1.807) is 0 Å². The summed E-state index contributed by atoms with van der Waals surface area (Å²) in [6.45, 7) is 6.16. The highest BCUT2D eigenvalue weighted by Gasteiger charge is 2.53. The lowest BCUT2D eigenvalue weighted by molar-refractivity contribution is -0.141. The van der Waals surface area contributed by atoms with Crippen LogP contribution in [0.2, 0.25) is 0 Å². The second kappa shape index (κ2) is 7.05. The number of aromatic nitrogens is 3. The monoisotopic (exact) mass is 407 g/mol. The van der Waals surface area contributed by atoms with E-state index in [1.165, 1.54) is 0 Å². The molecule has 156 valence electrons. The summed E-state index contributed by atoms with van der Waals surface area (Å²) in [7, 11) is 2.08. The third-order valence-electron chi connectivity index (χ3n) is 6.40. The molecule has 1 unspecified atom stereocenters. The minimum absolute atomic E-state index is 0.0785. The number of carbonyl (C=O) groups is 1. The van der Waals surface area contributed by atoms with Crippen LogP contribution < -0.4 is 0 Å². The van der Waals surface area contributed by atoms with Crippen molar-refractivity contribution in [3.8, 4) is 11.5 Å². The molecule has 4 heterocycles. The number of hydrogen-bond acceptors (Lipinski definition) is 7. The van der Waals surface area contributed by atoms with Gasteiger partial charge in [0.1, 0.15) is 5.76 Å². The van der Waals surface area contributed by atoms with Crippen LogP contribution in [-0.4, -0.2) is 57.7 Å². The van der Waals surface area contributed by atoms with Crippen LogP contribution in [-0.2, 0) is 11.2 Å². The first-order valence-electron chi connectivity index (χ1n) is 10.2. The van der Waals surface area contributed by atoms with Gasteiger partial charge in [-0.25, -0.2) is 0 Å². The Morgan fingerprint density at radius 2 is 1.93 bits per heavy atom. The topological polar surface area (TPSA) is 88.5 Å². The normalized spacial score (nSPS) is 20.6. The number of amides is 1. The van der Waals surface area contributed by atoms with Gasteiger partial charge in [0.15, 0.2) is 0 Å². The zero-order valence-corrected chi connectivity index (χ0v) is 17.5. The van der Waals surface area contributed by atoms with Crippen molar-refractivity contribution in [2.75, 3.05) is 26.7 Å². The fourth-order valence-corrected chi connectivity index (χ4v) is 4.80. The molecule has 1 aromatic carbocycles. The van der Waals surface area contributed by atoms with Gasteiger partial charge < -0.3 is 13.8 Å². The van der Waals surface area contributed by atoms with E-state index < -0.39 is 0 Å². The molecule has 1 spiro atoms. The van der Waals surface area contributed by atoms with E-state index in [9.17, 15) is 4.79 Å². The first-order valence-corrected chi connectivity index (χ1v) is 10.2. The summed E-state index contributed by atoms with van der Waals surface area (Å²) in [6, 6.07) is 9.88. The number of carbonyl (C=O) groups excluding carboxylic acids is 1. The Balaban J connectivity index is 1.24. The quantitative estimate of drug-likeness (QED) is 0.657. The van der Waals surface area contributed by atoms with Crippen LogP contribution in [0.1, 0.15) is 35.4 Å². The lowest BCUT2D eigenvalue weighted by Gasteiger charge is -2.48. The zero-order valence-electron chi connectivity index (χ0n) is 17.5. The average molecular weight is 407 g/mol. The van der Waals surface area contributed by atoms with E-state index in [1.807, 2.05) is 49.1 Å². The molecule has 2 fully saturated rings. The SMILES string of the molecule is Cc1noc(C)c1CC(=O)N1CC2(CC(c3nnc(-c4ccccc4)o3)N(C)C2)C1. The summed E-state index contributed by atoms with van der Waals surface area (Å²) in [6.07, 6.45) is 1.26. The Morgan fingerprint density at radius 1 is 1.17 bits per heavy atom. The number of nitrogens with zero attached hydrogens (tertiary/aromatic N) is 5. The molecule has 8 nitrogen and oxygen atoms in total. The van der Waals surface area contributed by atoms with E-state index in [2.05, 4.69) is 27.3 Å². The summed E-state index contributed by atoms with van der Waals surface area (Å²) in [5.41, 5.74) is 2.71. The maximum atomic E-state index is 12.7. The molecule has 0 bridgehead atoms. The molecule has 2 aliphatic heterocycles. The van der Waals surface area contributed by atoms with E-state index in [0.29, 0.717) is 18.2 Å². The lowest BCUT2D eigenvalue weighted by Crippen LogP contribution is -2.59. The summed E-state index contributed by atoms with van der Waals surface area (Å²) in [5.74, 6) is 2.05. The number of rotatable bonds is 4. The minimum atomic E-state index is 0.0785. The molecule has 5 rings (SSSR count). The molecule has 1 amide bonds. The van der Waals surface area contributed by atoms with Gasteiger partial charge in [-0.1, -0.05) is 23.4 Å². The van der Waals surface area contributed by atoms with Crippen molar-refractivity contribution in [1.82, 2.24) is 25.2 Å². The molecule has 8 heteroatoms. The van der Waals surface area contributed by atoms with Crippen molar-refractivity contribution in [3.05, 3.63) is 53.2 Å². The van der Waals surface area contributed by atoms with Crippen molar-refractivity contribution in [3.63, 3.8) is 0 Å². The van der Waals surface area contributed by atoms with Crippen LogP contribution in [0.15, 0.2) is 39.3 Å². The Kier molecular flexibility index (Phi) is 4.47. The highest BCUT2D eigenvalue weighted by molar-refractivity contribution is 5.80. The van der Waals surface area contributed by atoms with Crippen molar-refractivity contribution < 1.29 is 13.7 Å². The van der Waals surface area contributed by atoms with Gasteiger partial charge in [-0.3, -0.25) is 9.69 Å². The van der Waals surface area contributed by atoms with Gasteiger partial charge in [-0.2, -0.15) is 0 Å². The highest BCUT2D eigenvalue weighted by atomic mass is 16.5. The van der Waals surface area contributed by atoms with E-state index in [-0.39, 0.29) is 17.4 Å². The molecule has 2 saturated heterocycles. The summed E-state index contributed by atoms with van der Waals surface area (Å²) in [4.78, 5) is 16.9. The lowest BCUT2D eigenvalue weighted by atomic mass is 9.77. The van der Waals surface area contributed by atoms with Crippen LogP contribution in [0.25, 0.3) is 11.5 Å². The number of hydrogen-bond donors (Lipinski definition) is 0. The van der Waals surface area contributed by atoms with Crippen LogP contribution in [0, 0.1) is 19.3 Å². The highest BCUT2D eigenvalue weighted by Crippen LogP contribution is 2.47. The Hall–Kier alpha value is -3.00. The second-order valence-corrected chi connectivity index (χ2v) is 8.68. The average Bonchev–Trinajstić information content (AvgIpc) is 3.41. The third kappa shape index (κ3) is 3.21. The largest absolute Gasteiger partial charge is 0.419 e. The summed E-state index contributed by atoms with van der Waals surface area (Å²) < 4.78 is 11.2. The van der Waals surface area contributed by atoms with Gasteiger partial charge in [-0.05, 0) is 39.4 Å². The minimum Gasteiger partial charge on any atom is -0.419 e. The fraction of sp³-hybridized carbons (Fsp3) is 0.455. The molecule has 2 aromatic heterocycles. The summed E-state index contributed by atoms with van der Waals surface area (Å²) >= 11 is 0. The van der Waals surface area contributed by atoms with Crippen molar-refractivity contribution in [2.24, 2.45) is 5.41 Å². The molecular weight excluding hydrogens is 382 g/mol. The molecule has 1 atom stereocenters. The van der Waals surface area contributed by atoms with Crippen LogP contribution in [0.3, 0.4) is 0 Å². The maximum absolute atomic E-state index is 12.7. The first kappa shape index (κ1) is 19.0. The predicted molar refractivity (Wildman–Crippen MR) is 108 cm³/mol. The van der Waals surface area contributed by atoms with Crippen LogP contribution in [0.5, 0.6) is 0 Å². The van der Waals surface area contributed by atoms with Gasteiger partial charge in [0.2, 0.25) is 17.7 Å². The fourth-order valence-electron chi connectivity index (χ4n) is 4.80. The number of benzene rings is 1. The van der Waals surface area contributed by atoms with E-state index in [4.69, 9.17) is 8.94 Å². The molecule has 2 aliphatic rings. The Morgan fingerprint density at radius 3 is 2.63 bits per heavy atom. The van der Waals surface area contributed by atoms with Gasteiger partial charge in [0, 0.05) is 36.2 Å². The van der Waals surface area contributed by atoms with Gasteiger partial charge in [0.25, 0.3) is 0 Å². The molecule has 0 saturated carbocycles. The molecule has 0 aliphatic carbocycles. The van der Waals surface area contributed by atoms with Crippen molar-refractivity contribution in [1.29, 1.82) is 0 Å². The maximum Gasteiger partial charge on any atom is 0.247 e. The second-order valence-electron chi connectivity index (χ2n) is 8.68. The molecule has 0 radical (unpaired) electrons. The van der Waals surface area contributed by atoms with Gasteiger partial charge in [-0.15, -0.1) is 10.2 Å². The van der Waals surface area contributed by atoms with Crippen molar-refractivity contribution in [2.45, 2.75) is 32.7 Å². The Bertz CT molecular complexity index is 1050. The standard InChI is InChI=1S/C22H25N5O3/c1-14-17(15(2)30-25-14)9-19(28)27-12-22(13-27)10-18(26(3)11-22)21-24-23-20(29-21)16-7-5-4-6-8-16/h4-8,18H,9-13H2,1-3H3. The van der Waals surface area contributed by atoms with Crippen LogP contribution >= 0.6 is 0 Å². The van der Waals surface area contributed by atoms with Crippen molar-refractivity contribution >= 4 is 5.91 Å². The summed E-state index contributed by atoms with van der Waals surface area (Å²) in [5, 5.41) is 12.5. The number of aryl methyl sites for hydroxylation is 2. The smallest absolute Gasteiger partial charge is 0.247 e. The molecular formula is C22H25N5O3. The molecule has 0 N–H and O–H groups in total. The zero-order chi connectivity index (χ0) is 20.9. The molecule has 3 aromatic rings. The van der Waals surface area contributed by atoms with E-state index >= 15 is 0 Å². The molecule has 30 heavy (non-hydrogen) atoms. The first-order chi connectivity index (χ1) is 14.4.